The van der Waals surface area contributed by atoms with Crippen LogP contribution in [0.3, 0.4) is 0 Å². The highest BCUT2D eigenvalue weighted by atomic mass is 79.9. The molecule has 4 aromatic carbocycles. The first-order valence-electron chi connectivity index (χ1n) is 12.5. The molecule has 0 bridgehead atoms. The van der Waals surface area contributed by atoms with Gasteiger partial charge in [-0.25, -0.2) is 4.79 Å². The van der Waals surface area contributed by atoms with Crippen LogP contribution in [0.4, 0.5) is 0 Å². The van der Waals surface area contributed by atoms with Crippen LogP contribution in [0.5, 0.6) is 0 Å². The number of halogens is 1. The van der Waals surface area contributed by atoms with Crippen LogP contribution in [0.2, 0.25) is 0 Å². The van der Waals surface area contributed by atoms with Crippen molar-refractivity contribution in [1.82, 2.24) is 14.3 Å². The van der Waals surface area contributed by atoms with Gasteiger partial charge in [0.1, 0.15) is 11.3 Å². The molecule has 6 aromatic rings. The standard InChI is InChI=1S/C32H26BrN3O2/c1-21-29(22(2)38-34-21)23-19-27(33)30-28(20-23)36(31(37)35(30)3)32(24-13-7-4-8-14-24,25-15-9-5-10-16-25)26-17-11-6-12-18-26/h4-20H,1-3H3. The quantitative estimate of drug-likeness (QED) is 0.208. The number of rotatable bonds is 5. The topological polar surface area (TPSA) is 53.0 Å². The second kappa shape index (κ2) is 9.30. The molecule has 0 fully saturated rings. The van der Waals surface area contributed by atoms with Crippen molar-refractivity contribution < 1.29 is 4.52 Å². The van der Waals surface area contributed by atoms with Gasteiger partial charge < -0.3 is 4.52 Å². The van der Waals surface area contributed by atoms with E-state index >= 15 is 0 Å². The molecule has 0 saturated carbocycles. The van der Waals surface area contributed by atoms with Crippen LogP contribution in [0.25, 0.3) is 22.2 Å². The fourth-order valence-electron chi connectivity index (χ4n) is 5.72. The third kappa shape index (κ3) is 3.51. The van der Waals surface area contributed by atoms with Gasteiger partial charge in [0.2, 0.25) is 0 Å². The number of hydrogen-bond acceptors (Lipinski definition) is 3. The van der Waals surface area contributed by atoms with Gasteiger partial charge in [-0.1, -0.05) is 96.2 Å². The van der Waals surface area contributed by atoms with Crippen molar-refractivity contribution in [3.05, 3.63) is 146 Å². The SMILES string of the molecule is Cc1noc(C)c1-c1cc(Br)c2c(c1)n(C(c1ccccc1)(c1ccccc1)c1ccccc1)c(=O)n2C. The van der Waals surface area contributed by atoms with Crippen molar-refractivity contribution >= 4 is 27.0 Å². The number of fused-ring (bicyclic) bond motifs is 1. The van der Waals surface area contributed by atoms with Crippen molar-refractivity contribution in [1.29, 1.82) is 0 Å². The van der Waals surface area contributed by atoms with Crippen molar-refractivity contribution in [3.8, 4) is 11.1 Å². The molecule has 0 aliphatic rings. The molecule has 0 spiro atoms. The fourth-order valence-corrected chi connectivity index (χ4v) is 6.44. The predicted molar refractivity (Wildman–Crippen MR) is 154 cm³/mol. The van der Waals surface area contributed by atoms with Crippen LogP contribution < -0.4 is 5.69 Å². The molecule has 0 aliphatic carbocycles. The molecule has 0 atom stereocenters. The molecule has 38 heavy (non-hydrogen) atoms. The summed E-state index contributed by atoms with van der Waals surface area (Å²) in [5.41, 5.74) is 6.21. The Balaban J connectivity index is 1.84. The normalized spacial score (nSPS) is 11.8. The molecular weight excluding hydrogens is 538 g/mol. The molecule has 0 amide bonds. The summed E-state index contributed by atoms with van der Waals surface area (Å²) in [5, 5.41) is 4.17. The maximum Gasteiger partial charge on any atom is 0.330 e. The molecule has 6 rings (SSSR count). The molecule has 0 unspecified atom stereocenters. The molecule has 188 valence electrons. The van der Waals surface area contributed by atoms with Gasteiger partial charge in [-0.15, -0.1) is 0 Å². The highest BCUT2D eigenvalue weighted by Gasteiger charge is 2.41. The number of aryl methyl sites for hydroxylation is 3. The lowest BCUT2D eigenvalue weighted by Gasteiger charge is -2.37. The van der Waals surface area contributed by atoms with Crippen LogP contribution in [0, 0.1) is 13.8 Å². The maximum absolute atomic E-state index is 14.4. The second-order valence-corrected chi connectivity index (χ2v) is 10.4. The lowest BCUT2D eigenvalue weighted by Crippen LogP contribution is -2.44. The zero-order valence-electron chi connectivity index (χ0n) is 21.4. The number of hydrogen-bond donors (Lipinski definition) is 0. The average molecular weight is 564 g/mol. The maximum atomic E-state index is 14.4. The Kier molecular flexibility index (Phi) is 5.92. The first-order valence-corrected chi connectivity index (χ1v) is 13.2. The second-order valence-electron chi connectivity index (χ2n) is 9.51. The monoisotopic (exact) mass is 563 g/mol. The van der Waals surface area contributed by atoms with E-state index in [1.807, 2.05) is 86.1 Å². The summed E-state index contributed by atoms with van der Waals surface area (Å²) in [6.07, 6.45) is 0. The first kappa shape index (κ1) is 24.2. The third-order valence-corrected chi connectivity index (χ3v) is 7.93. The van der Waals surface area contributed by atoms with E-state index in [1.54, 1.807) is 4.57 Å². The average Bonchev–Trinajstić information content (AvgIpc) is 3.41. The predicted octanol–water partition coefficient (Wildman–Crippen LogP) is 7.21. The largest absolute Gasteiger partial charge is 0.361 e. The third-order valence-electron chi connectivity index (χ3n) is 7.33. The van der Waals surface area contributed by atoms with E-state index < -0.39 is 5.54 Å². The van der Waals surface area contributed by atoms with Crippen LogP contribution in [0.1, 0.15) is 28.1 Å². The molecule has 0 radical (unpaired) electrons. The van der Waals surface area contributed by atoms with Gasteiger partial charge in [-0.2, -0.15) is 0 Å². The summed E-state index contributed by atoms with van der Waals surface area (Å²) in [6.45, 7) is 3.85. The summed E-state index contributed by atoms with van der Waals surface area (Å²) in [7, 11) is 1.83. The Hall–Kier alpha value is -4.16. The van der Waals surface area contributed by atoms with Crippen molar-refractivity contribution in [2.75, 3.05) is 0 Å². The van der Waals surface area contributed by atoms with Crippen LogP contribution in [-0.4, -0.2) is 14.3 Å². The zero-order chi connectivity index (χ0) is 26.4. The van der Waals surface area contributed by atoms with Gasteiger partial charge in [0.25, 0.3) is 0 Å². The Morgan fingerprint density at radius 2 is 1.29 bits per heavy atom. The van der Waals surface area contributed by atoms with E-state index in [2.05, 4.69) is 63.6 Å². The minimum Gasteiger partial charge on any atom is -0.361 e. The summed E-state index contributed by atoms with van der Waals surface area (Å²) in [5.74, 6) is 0.735. The Morgan fingerprint density at radius 1 is 0.789 bits per heavy atom. The smallest absolute Gasteiger partial charge is 0.330 e. The summed E-state index contributed by atoms with van der Waals surface area (Å²) in [4.78, 5) is 14.4. The van der Waals surface area contributed by atoms with E-state index in [0.29, 0.717) is 0 Å². The van der Waals surface area contributed by atoms with Gasteiger partial charge in [-0.05, 0) is 64.2 Å². The van der Waals surface area contributed by atoms with Gasteiger partial charge >= 0.3 is 5.69 Å². The summed E-state index contributed by atoms with van der Waals surface area (Å²) < 4.78 is 9.98. The van der Waals surface area contributed by atoms with Crippen LogP contribution in [0.15, 0.2) is 117 Å². The molecule has 0 saturated heterocycles. The van der Waals surface area contributed by atoms with E-state index in [9.17, 15) is 4.79 Å². The Bertz CT molecular complexity index is 1700. The van der Waals surface area contributed by atoms with Crippen molar-refractivity contribution in [2.24, 2.45) is 7.05 Å². The lowest BCUT2D eigenvalue weighted by molar-refractivity contribution is 0.393. The van der Waals surface area contributed by atoms with E-state index in [0.717, 1.165) is 54.8 Å². The highest BCUT2D eigenvalue weighted by molar-refractivity contribution is 9.10. The van der Waals surface area contributed by atoms with E-state index in [4.69, 9.17) is 4.52 Å². The fraction of sp³-hybridized carbons (Fsp3) is 0.125. The van der Waals surface area contributed by atoms with Gasteiger partial charge in [-0.3, -0.25) is 9.13 Å². The zero-order valence-corrected chi connectivity index (χ0v) is 22.9. The van der Waals surface area contributed by atoms with E-state index in [1.165, 1.54) is 0 Å². The van der Waals surface area contributed by atoms with E-state index in [-0.39, 0.29) is 5.69 Å². The summed E-state index contributed by atoms with van der Waals surface area (Å²) >= 11 is 3.79. The Labute approximate surface area is 229 Å². The van der Waals surface area contributed by atoms with Crippen LogP contribution in [-0.2, 0) is 12.6 Å². The van der Waals surface area contributed by atoms with Gasteiger partial charge in [0.05, 0.1) is 16.7 Å². The number of imidazole rings is 1. The van der Waals surface area contributed by atoms with Crippen molar-refractivity contribution in [3.63, 3.8) is 0 Å². The number of benzene rings is 4. The molecular formula is C32H26BrN3O2. The Morgan fingerprint density at radius 3 is 1.74 bits per heavy atom. The molecule has 6 heteroatoms. The molecule has 2 heterocycles. The minimum absolute atomic E-state index is 0.117. The molecule has 0 aliphatic heterocycles. The highest BCUT2D eigenvalue weighted by Crippen LogP contribution is 2.43. The first-order chi connectivity index (χ1) is 18.4. The molecule has 2 aromatic heterocycles. The van der Waals surface area contributed by atoms with Crippen LogP contribution >= 0.6 is 15.9 Å². The van der Waals surface area contributed by atoms with Crippen molar-refractivity contribution in [2.45, 2.75) is 19.4 Å². The van der Waals surface area contributed by atoms with Gasteiger partial charge in [0, 0.05) is 17.1 Å². The number of nitrogens with zero attached hydrogens (tertiary/aromatic N) is 3. The molecule has 5 nitrogen and oxygen atoms in total. The molecule has 0 N–H and O–H groups in total. The number of aromatic nitrogens is 3. The lowest BCUT2D eigenvalue weighted by atomic mass is 9.76. The summed E-state index contributed by atoms with van der Waals surface area (Å²) in [6, 6.07) is 34.8. The van der Waals surface area contributed by atoms with Gasteiger partial charge in [0.15, 0.2) is 0 Å². The minimum atomic E-state index is -0.933.